The highest BCUT2D eigenvalue weighted by Crippen LogP contribution is 2.33. The van der Waals surface area contributed by atoms with Crippen molar-refractivity contribution in [2.75, 3.05) is 0 Å². The lowest BCUT2D eigenvalue weighted by molar-refractivity contribution is -0.0883. The van der Waals surface area contributed by atoms with Crippen LogP contribution in [0.15, 0.2) is 54.6 Å². The summed E-state index contributed by atoms with van der Waals surface area (Å²) in [5.74, 6) is -1.80. The number of carbonyl (C=O) groups excluding carboxylic acids is 1. The summed E-state index contributed by atoms with van der Waals surface area (Å²) in [6.45, 7) is 0. The molecule has 0 aliphatic rings. The smallest absolute Gasteiger partial charge is 0.284 e. The molecule has 0 saturated heterocycles. The standard InChI is InChI=1S/C16H9F3O/c17-16(18,19)15(20)14-12-7-3-1-5-10(12)9-11-6-2-4-8-13(11)14/h1-9H/i17-1. The predicted molar refractivity (Wildman–Crippen MR) is 71.8 cm³/mol. The quantitative estimate of drug-likeness (QED) is 0.462. The fraction of sp³-hybridized carbons (Fsp3) is 0.0625. The first-order chi connectivity index (χ1) is 9.48. The molecule has 0 aromatic heterocycles. The number of rotatable bonds is 1. The average molecular weight is 273 g/mol. The number of hydrogen-bond donors (Lipinski definition) is 0. The minimum Gasteiger partial charge on any atom is -0.284 e. The highest BCUT2D eigenvalue weighted by atomic mass is 19.3. The van der Waals surface area contributed by atoms with Crippen LogP contribution in [0.2, 0.25) is 0 Å². The number of fused-ring (bicyclic) bond motifs is 2. The lowest BCUT2D eigenvalue weighted by Gasteiger charge is -2.12. The van der Waals surface area contributed by atoms with Gasteiger partial charge in [0.05, 0.1) is 0 Å². The van der Waals surface area contributed by atoms with E-state index in [0.717, 1.165) is 0 Å². The largest absolute Gasteiger partial charge is 0.454 e. The Balaban J connectivity index is 2.49. The topological polar surface area (TPSA) is 17.1 Å². The van der Waals surface area contributed by atoms with Gasteiger partial charge in [-0.3, -0.25) is 4.79 Å². The van der Waals surface area contributed by atoms with Crippen molar-refractivity contribution in [3.63, 3.8) is 0 Å². The molecule has 1 nitrogen and oxygen atoms in total. The molecule has 0 saturated carbocycles. The maximum absolute atomic E-state index is 12.8. The second-order valence-corrected chi connectivity index (χ2v) is 4.52. The van der Waals surface area contributed by atoms with E-state index in [1.54, 1.807) is 54.6 Å². The second kappa shape index (κ2) is 4.34. The van der Waals surface area contributed by atoms with Crippen molar-refractivity contribution in [3.05, 3.63) is 60.2 Å². The number of Topliss-reactive ketones (excluding diaryl/α,β-unsaturated/α-hetero) is 1. The fourth-order valence-corrected chi connectivity index (χ4v) is 2.40. The van der Waals surface area contributed by atoms with Crippen molar-refractivity contribution in [1.82, 2.24) is 0 Å². The Labute approximate surface area is 112 Å². The number of benzene rings is 3. The molecular formula is C16H9F3O. The van der Waals surface area contributed by atoms with Gasteiger partial charge in [-0.2, -0.15) is 13.2 Å². The van der Waals surface area contributed by atoms with Crippen molar-refractivity contribution < 1.29 is 18.0 Å². The predicted octanol–water partition coefficient (Wildman–Crippen LogP) is 4.74. The van der Waals surface area contributed by atoms with E-state index in [2.05, 4.69) is 0 Å². The zero-order chi connectivity index (χ0) is 14.3. The number of hydrogen-bond acceptors (Lipinski definition) is 1. The van der Waals surface area contributed by atoms with E-state index in [9.17, 15) is 18.0 Å². The van der Waals surface area contributed by atoms with Gasteiger partial charge in [-0.15, -0.1) is 0 Å². The number of alkyl halides is 3. The van der Waals surface area contributed by atoms with Crippen molar-refractivity contribution in [2.24, 2.45) is 0 Å². The summed E-state index contributed by atoms with van der Waals surface area (Å²) in [5.41, 5.74) is -0.272. The molecule has 3 aromatic carbocycles. The molecule has 3 rings (SSSR count). The molecule has 0 aliphatic heterocycles. The van der Waals surface area contributed by atoms with Gasteiger partial charge in [-0.1, -0.05) is 48.5 Å². The Bertz CT molecular complexity index is 765. The van der Waals surface area contributed by atoms with Crippen LogP contribution in [0.25, 0.3) is 21.5 Å². The maximum atomic E-state index is 12.8. The van der Waals surface area contributed by atoms with Crippen LogP contribution < -0.4 is 0 Å². The van der Waals surface area contributed by atoms with Gasteiger partial charge in [0.15, 0.2) is 0 Å². The van der Waals surface area contributed by atoms with Gasteiger partial charge < -0.3 is 0 Å². The van der Waals surface area contributed by atoms with E-state index in [0.29, 0.717) is 21.5 Å². The van der Waals surface area contributed by atoms with Gasteiger partial charge in [0.1, 0.15) is 0 Å². The summed E-state index contributed by atoms with van der Waals surface area (Å²) in [4.78, 5) is 11.8. The van der Waals surface area contributed by atoms with E-state index in [1.165, 1.54) is 0 Å². The van der Waals surface area contributed by atoms with E-state index in [-0.39, 0.29) is 5.56 Å². The molecule has 0 N–H and O–H groups in total. The molecule has 0 bridgehead atoms. The normalized spacial score (nSPS) is 11.9. The van der Waals surface area contributed by atoms with Gasteiger partial charge in [0.25, 0.3) is 5.78 Å². The summed E-state index contributed by atoms with van der Waals surface area (Å²) in [6, 6.07) is 15.0. The molecule has 0 fully saturated rings. The number of ketones is 1. The minimum absolute atomic E-state index is 0.272. The van der Waals surface area contributed by atoms with Crippen LogP contribution in [0.3, 0.4) is 0 Å². The Hall–Kier alpha value is -2.36. The van der Waals surface area contributed by atoms with Crippen LogP contribution in [0.1, 0.15) is 10.4 Å². The number of carbonyl (C=O) groups is 1. The molecule has 20 heavy (non-hydrogen) atoms. The van der Waals surface area contributed by atoms with Crippen LogP contribution in [-0.2, 0) is 0 Å². The third-order valence-electron chi connectivity index (χ3n) is 3.26. The molecule has 0 aliphatic carbocycles. The molecule has 0 amide bonds. The molecule has 0 atom stereocenters. The Morgan fingerprint density at radius 1 is 0.800 bits per heavy atom. The van der Waals surface area contributed by atoms with E-state index in [1.807, 2.05) is 0 Å². The van der Waals surface area contributed by atoms with Crippen LogP contribution in [0, 0.1) is 0 Å². The zero-order valence-corrected chi connectivity index (χ0v) is 10.2. The second-order valence-electron chi connectivity index (χ2n) is 4.52. The third-order valence-corrected chi connectivity index (χ3v) is 3.26. The monoisotopic (exact) mass is 273 g/mol. The summed E-state index contributed by atoms with van der Waals surface area (Å²) in [5, 5.41) is 1.90. The van der Waals surface area contributed by atoms with Gasteiger partial charge >= 0.3 is 6.18 Å². The highest BCUT2D eigenvalue weighted by Gasteiger charge is 2.40. The maximum Gasteiger partial charge on any atom is 0.454 e. The molecule has 0 unspecified atom stereocenters. The van der Waals surface area contributed by atoms with Crippen molar-refractivity contribution in [1.29, 1.82) is 0 Å². The summed E-state index contributed by atoms with van der Waals surface area (Å²) in [6.07, 6.45) is -4.88. The Kier molecular flexibility index (Phi) is 2.74. The summed E-state index contributed by atoms with van der Waals surface area (Å²) < 4.78 is 38.5. The lowest BCUT2D eigenvalue weighted by Crippen LogP contribution is -2.23. The third kappa shape index (κ3) is 1.93. The summed E-state index contributed by atoms with van der Waals surface area (Å²) >= 11 is 0. The van der Waals surface area contributed by atoms with Crippen LogP contribution >= 0.6 is 0 Å². The molecular weight excluding hydrogens is 264 g/mol. The summed E-state index contributed by atoms with van der Waals surface area (Å²) in [7, 11) is 0. The van der Waals surface area contributed by atoms with E-state index >= 15 is 0 Å². The van der Waals surface area contributed by atoms with Crippen molar-refractivity contribution >= 4 is 27.3 Å². The SMILES string of the molecule is O=C(c1c2ccccc2cc2ccccc12)C(F)(F)[18F]. The fourth-order valence-electron chi connectivity index (χ4n) is 2.40. The molecule has 3 aromatic rings. The zero-order valence-electron chi connectivity index (χ0n) is 10.2. The molecule has 0 radical (unpaired) electrons. The van der Waals surface area contributed by atoms with Crippen LogP contribution in [0.5, 0.6) is 0 Å². The first-order valence-corrected chi connectivity index (χ1v) is 6.00. The highest BCUT2D eigenvalue weighted by molar-refractivity contribution is 6.20. The lowest BCUT2D eigenvalue weighted by atomic mass is 9.94. The Morgan fingerprint density at radius 3 is 1.70 bits per heavy atom. The van der Waals surface area contributed by atoms with Crippen molar-refractivity contribution in [2.45, 2.75) is 6.18 Å². The first-order valence-electron chi connectivity index (χ1n) is 6.00. The van der Waals surface area contributed by atoms with Gasteiger partial charge in [0.2, 0.25) is 0 Å². The number of halogens is 3. The van der Waals surface area contributed by atoms with Crippen LogP contribution in [0.4, 0.5) is 13.2 Å². The minimum atomic E-state index is -4.88. The van der Waals surface area contributed by atoms with Crippen molar-refractivity contribution in [3.8, 4) is 0 Å². The molecule has 100 valence electrons. The first kappa shape index (κ1) is 12.7. The van der Waals surface area contributed by atoms with E-state index < -0.39 is 12.0 Å². The molecule has 0 spiro atoms. The molecule has 4 heteroatoms. The Morgan fingerprint density at radius 2 is 1.25 bits per heavy atom. The van der Waals surface area contributed by atoms with Gasteiger partial charge in [-0.05, 0) is 27.6 Å². The van der Waals surface area contributed by atoms with Gasteiger partial charge in [0, 0.05) is 5.56 Å². The average Bonchev–Trinajstić information content (AvgIpc) is 2.43. The van der Waals surface area contributed by atoms with Crippen LogP contribution in [-0.4, -0.2) is 12.0 Å². The van der Waals surface area contributed by atoms with Gasteiger partial charge in [-0.25, -0.2) is 0 Å². The van der Waals surface area contributed by atoms with E-state index in [4.69, 9.17) is 0 Å². The molecule has 0 heterocycles.